The van der Waals surface area contributed by atoms with Crippen LogP contribution in [0.25, 0.3) is 0 Å². The molecule has 2 heteroatoms. The summed E-state index contributed by atoms with van der Waals surface area (Å²) in [4.78, 5) is 2.41. The van der Waals surface area contributed by atoms with E-state index in [2.05, 4.69) is 44.9 Å². The van der Waals surface area contributed by atoms with Gasteiger partial charge in [-0.3, -0.25) is 0 Å². The molecule has 90 valence electrons. The summed E-state index contributed by atoms with van der Waals surface area (Å²) in [5, 5.41) is 0. The predicted molar refractivity (Wildman–Crippen MR) is 68.7 cm³/mol. The highest BCUT2D eigenvalue weighted by molar-refractivity contribution is 5.28. The number of hydrogen-bond donors (Lipinski definition) is 1. The Balaban J connectivity index is 2.18. The summed E-state index contributed by atoms with van der Waals surface area (Å²) in [6.07, 6.45) is 6.76. The van der Waals surface area contributed by atoms with Crippen LogP contribution in [-0.4, -0.2) is 18.5 Å². The highest BCUT2D eigenvalue weighted by atomic mass is 15.1. The lowest BCUT2D eigenvalue weighted by Gasteiger charge is -2.45. The number of hydrogen-bond acceptors (Lipinski definition) is 2. The molecule has 2 aliphatic rings. The van der Waals surface area contributed by atoms with Gasteiger partial charge in [-0.2, -0.15) is 0 Å². The van der Waals surface area contributed by atoms with Gasteiger partial charge in [-0.25, -0.2) is 0 Å². The minimum atomic E-state index is 0.409. The second-order valence-electron chi connectivity index (χ2n) is 6.39. The minimum Gasteiger partial charge on any atom is -0.399 e. The van der Waals surface area contributed by atoms with Crippen molar-refractivity contribution < 1.29 is 0 Å². The lowest BCUT2D eigenvalue weighted by Crippen LogP contribution is -2.42. The number of piperidine rings is 1. The molecular weight excluding hydrogens is 196 g/mol. The molecule has 1 aliphatic carbocycles. The molecule has 0 amide bonds. The Labute approximate surface area is 99.2 Å². The van der Waals surface area contributed by atoms with Gasteiger partial charge in [0.2, 0.25) is 0 Å². The van der Waals surface area contributed by atoms with Crippen LogP contribution < -0.4 is 5.73 Å². The van der Waals surface area contributed by atoms with Crippen LogP contribution >= 0.6 is 0 Å². The molecule has 1 heterocycles. The highest BCUT2D eigenvalue weighted by Crippen LogP contribution is 2.41. The van der Waals surface area contributed by atoms with E-state index in [1.807, 2.05) is 0 Å². The molecule has 2 unspecified atom stereocenters. The molecule has 0 saturated carbocycles. The first-order valence-electron chi connectivity index (χ1n) is 6.26. The number of rotatable bonds is 0. The van der Waals surface area contributed by atoms with Gasteiger partial charge in [0.25, 0.3) is 0 Å². The molecule has 2 atom stereocenters. The first kappa shape index (κ1) is 11.6. The maximum Gasteiger partial charge on any atom is 0.0291 e. The fourth-order valence-electron chi connectivity index (χ4n) is 2.87. The lowest BCUT2D eigenvalue weighted by atomic mass is 9.71. The van der Waals surface area contributed by atoms with Crippen LogP contribution in [0.4, 0.5) is 0 Å². The third kappa shape index (κ3) is 2.11. The normalized spacial score (nSPS) is 30.6. The minimum absolute atomic E-state index is 0.409. The standard InChI is InChI=1S/C14H24N2/c1-14(2,3)11-7-10-5-6-12(15)8-13(10)16(4)9-11/h6,8,10-11H,5,7,9,15H2,1-4H3. The van der Waals surface area contributed by atoms with Gasteiger partial charge in [0.05, 0.1) is 0 Å². The van der Waals surface area contributed by atoms with Gasteiger partial charge in [0, 0.05) is 30.9 Å². The highest BCUT2D eigenvalue weighted by Gasteiger charge is 2.35. The first-order valence-corrected chi connectivity index (χ1v) is 6.26. The number of nitrogens with two attached hydrogens (primary N) is 1. The molecule has 1 saturated heterocycles. The summed E-state index contributed by atoms with van der Waals surface area (Å²) in [7, 11) is 2.20. The molecule has 0 bridgehead atoms. The zero-order valence-corrected chi connectivity index (χ0v) is 11.0. The molecule has 0 aromatic rings. The predicted octanol–water partition coefficient (Wildman–Crippen LogP) is 2.73. The Morgan fingerprint density at radius 3 is 2.69 bits per heavy atom. The zero-order valence-electron chi connectivity index (χ0n) is 11.0. The van der Waals surface area contributed by atoms with Gasteiger partial charge in [-0.15, -0.1) is 0 Å². The van der Waals surface area contributed by atoms with Crippen molar-refractivity contribution in [3.63, 3.8) is 0 Å². The van der Waals surface area contributed by atoms with Crippen molar-refractivity contribution in [2.75, 3.05) is 13.6 Å². The third-order valence-electron chi connectivity index (χ3n) is 4.10. The van der Waals surface area contributed by atoms with Gasteiger partial charge < -0.3 is 10.6 Å². The van der Waals surface area contributed by atoms with E-state index in [9.17, 15) is 0 Å². The summed E-state index contributed by atoms with van der Waals surface area (Å²) in [5.41, 5.74) is 8.67. The largest absolute Gasteiger partial charge is 0.399 e. The molecule has 2 rings (SSSR count). The van der Waals surface area contributed by atoms with E-state index in [0.717, 1.165) is 18.0 Å². The quantitative estimate of drug-likeness (QED) is 0.680. The van der Waals surface area contributed by atoms with Crippen LogP contribution in [0, 0.1) is 17.3 Å². The van der Waals surface area contributed by atoms with Crippen LogP contribution in [0.5, 0.6) is 0 Å². The number of likely N-dealkylation sites (tertiary alicyclic amines) is 1. The SMILES string of the molecule is CN1CC(C(C)(C)C)CC2CC=C(N)C=C21. The summed E-state index contributed by atoms with van der Waals surface area (Å²) in [6.45, 7) is 8.23. The summed E-state index contributed by atoms with van der Waals surface area (Å²) < 4.78 is 0. The van der Waals surface area contributed by atoms with Crippen molar-refractivity contribution in [1.82, 2.24) is 4.90 Å². The maximum absolute atomic E-state index is 5.88. The monoisotopic (exact) mass is 220 g/mol. The van der Waals surface area contributed by atoms with Crippen molar-refractivity contribution in [3.8, 4) is 0 Å². The Morgan fingerprint density at radius 2 is 2.06 bits per heavy atom. The van der Waals surface area contributed by atoms with E-state index in [-0.39, 0.29) is 0 Å². The molecule has 1 fully saturated rings. The van der Waals surface area contributed by atoms with Crippen molar-refractivity contribution >= 4 is 0 Å². The van der Waals surface area contributed by atoms with E-state index >= 15 is 0 Å². The summed E-state index contributed by atoms with van der Waals surface area (Å²) >= 11 is 0. The fourth-order valence-corrected chi connectivity index (χ4v) is 2.87. The van der Waals surface area contributed by atoms with Crippen LogP contribution in [0.1, 0.15) is 33.6 Å². The Kier molecular flexibility index (Phi) is 2.77. The van der Waals surface area contributed by atoms with Crippen LogP contribution in [0.15, 0.2) is 23.5 Å². The van der Waals surface area contributed by atoms with Gasteiger partial charge in [-0.1, -0.05) is 26.8 Å². The van der Waals surface area contributed by atoms with E-state index in [4.69, 9.17) is 5.73 Å². The molecule has 16 heavy (non-hydrogen) atoms. The van der Waals surface area contributed by atoms with Gasteiger partial charge in [0.1, 0.15) is 0 Å². The topological polar surface area (TPSA) is 29.3 Å². The van der Waals surface area contributed by atoms with Crippen molar-refractivity contribution in [3.05, 3.63) is 23.5 Å². The molecule has 0 aromatic heterocycles. The molecule has 2 N–H and O–H groups in total. The zero-order chi connectivity index (χ0) is 11.9. The molecule has 0 aromatic carbocycles. The van der Waals surface area contributed by atoms with E-state index < -0.39 is 0 Å². The van der Waals surface area contributed by atoms with Crippen LogP contribution in [0.2, 0.25) is 0 Å². The summed E-state index contributed by atoms with van der Waals surface area (Å²) in [5.74, 6) is 1.47. The van der Waals surface area contributed by atoms with Gasteiger partial charge >= 0.3 is 0 Å². The summed E-state index contributed by atoms with van der Waals surface area (Å²) in [6, 6.07) is 0. The second kappa shape index (κ2) is 3.83. The Hall–Kier alpha value is -0.920. The number of allylic oxidation sites excluding steroid dienone is 3. The Bertz CT molecular complexity index is 333. The van der Waals surface area contributed by atoms with Gasteiger partial charge in [-0.05, 0) is 30.3 Å². The van der Waals surface area contributed by atoms with E-state index in [1.165, 1.54) is 18.7 Å². The first-order chi connectivity index (χ1) is 7.38. The van der Waals surface area contributed by atoms with E-state index in [1.54, 1.807) is 0 Å². The van der Waals surface area contributed by atoms with Crippen LogP contribution in [0.3, 0.4) is 0 Å². The maximum atomic E-state index is 5.88. The molecule has 0 radical (unpaired) electrons. The molecule has 2 nitrogen and oxygen atoms in total. The Morgan fingerprint density at radius 1 is 1.38 bits per heavy atom. The molecule has 0 spiro atoms. The fraction of sp³-hybridized carbons (Fsp3) is 0.714. The number of fused-ring (bicyclic) bond motifs is 1. The third-order valence-corrected chi connectivity index (χ3v) is 4.10. The smallest absolute Gasteiger partial charge is 0.0291 e. The van der Waals surface area contributed by atoms with Crippen molar-refractivity contribution in [2.24, 2.45) is 23.0 Å². The molecule has 1 aliphatic heterocycles. The lowest BCUT2D eigenvalue weighted by molar-refractivity contribution is 0.113. The van der Waals surface area contributed by atoms with Crippen molar-refractivity contribution in [2.45, 2.75) is 33.6 Å². The van der Waals surface area contributed by atoms with E-state index in [0.29, 0.717) is 11.3 Å². The van der Waals surface area contributed by atoms with Crippen molar-refractivity contribution in [1.29, 1.82) is 0 Å². The van der Waals surface area contributed by atoms with Gasteiger partial charge in [0.15, 0.2) is 0 Å². The number of nitrogens with zero attached hydrogens (tertiary/aromatic N) is 1. The molecular formula is C14H24N2. The average molecular weight is 220 g/mol. The average Bonchev–Trinajstić information content (AvgIpc) is 2.17. The second-order valence-corrected chi connectivity index (χ2v) is 6.39. The van der Waals surface area contributed by atoms with Crippen LogP contribution in [-0.2, 0) is 0 Å².